The first-order chi connectivity index (χ1) is 10.4. The maximum absolute atomic E-state index is 10.9. The Morgan fingerprint density at radius 3 is 2.41 bits per heavy atom. The van der Waals surface area contributed by atoms with Gasteiger partial charge in [0.05, 0.1) is 5.60 Å². The fourth-order valence-electron chi connectivity index (χ4n) is 2.33. The number of hydrogen-bond donors (Lipinski definition) is 2. The third-order valence-electron chi connectivity index (χ3n) is 3.68. The van der Waals surface area contributed by atoms with E-state index in [1.807, 2.05) is 48.5 Å². The Balaban J connectivity index is 2.14. The number of carbonyl (C=O) groups is 1. The highest BCUT2D eigenvalue weighted by Crippen LogP contribution is 2.30. The fraction of sp³-hybridized carbons (Fsp3) is 0.278. The number of halogens is 1. The van der Waals surface area contributed by atoms with Crippen molar-refractivity contribution in [2.24, 2.45) is 0 Å². The second-order valence-corrected chi connectivity index (χ2v) is 6.42. The third-order valence-corrected chi connectivity index (χ3v) is 4.37. The molecule has 0 radical (unpaired) electrons. The third kappa shape index (κ3) is 4.18. The Bertz CT molecular complexity index is 650. The Hall–Kier alpha value is -1.65. The van der Waals surface area contributed by atoms with Crippen LogP contribution in [0.5, 0.6) is 0 Å². The molecular formula is C18H20BrNO2. The van der Waals surface area contributed by atoms with Crippen LogP contribution in [0.15, 0.2) is 53.0 Å². The minimum absolute atomic E-state index is 0.0833. The Kier molecular flexibility index (Phi) is 5.37. The quantitative estimate of drug-likeness (QED) is 0.849. The molecular weight excluding hydrogens is 342 g/mol. The average molecular weight is 362 g/mol. The first kappa shape index (κ1) is 16.7. The summed E-state index contributed by atoms with van der Waals surface area (Å²) in [7, 11) is 0. The molecule has 22 heavy (non-hydrogen) atoms. The molecule has 2 N–H and O–H groups in total. The smallest absolute Gasteiger partial charge is 0.216 e. The molecule has 0 aliphatic heterocycles. The van der Waals surface area contributed by atoms with Gasteiger partial charge in [0.2, 0.25) is 5.91 Å². The normalized spacial score (nSPS) is 13.5. The molecule has 0 fully saturated rings. The molecule has 1 atom stereocenters. The van der Waals surface area contributed by atoms with Crippen molar-refractivity contribution in [1.29, 1.82) is 0 Å². The molecule has 1 amide bonds. The van der Waals surface area contributed by atoms with Crippen molar-refractivity contribution in [2.75, 3.05) is 6.54 Å². The summed E-state index contributed by atoms with van der Waals surface area (Å²) in [4.78, 5) is 10.9. The van der Waals surface area contributed by atoms with E-state index in [4.69, 9.17) is 0 Å². The zero-order chi connectivity index (χ0) is 16.2. The lowest BCUT2D eigenvalue weighted by atomic mass is 9.91. The van der Waals surface area contributed by atoms with Crippen molar-refractivity contribution in [3.63, 3.8) is 0 Å². The molecule has 3 nitrogen and oxygen atoms in total. The van der Waals surface area contributed by atoms with E-state index >= 15 is 0 Å². The Morgan fingerprint density at radius 2 is 1.82 bits per heavy atom. The van der Waals surface area contributed by atoms with E-state index in [0.717, 1.165) is 21.2 Å². The largest absolute Gasteiger partial charge is 0.385 e. The van der Waals surface area contributed by atoms with Crippen LogP contribution < -0.4 is 5.32 Å². The van der Waals surface area contributed by atoms with Gasteiger partial charge < -0.3 is 10.4 Å². The molecule has 2 aromatic rings. The van der Waals surface area contributed by atoms with Crippen LogP contribution in [0.1, 0.15) is 25.8 Å². The van der Waals surface area contributed by atoms with Crippen LogP contribution in [0.25, 0.3) is 11.1 Å². The molecule has 0 saturated carbocycles. The van der Waals surface area contributed by atoms with Crippen molar-refractivity contribution in [1.82, 2.24) is 5.32 Å². The topological polar surface area (TPSA) is 49.3 Å². The summed E-state index contributed by atoms with van der Waals surface area (Å²) in [6.07, 6.45) is 0.473. The maximum atomic E-state index is 10.9. The standard InChI is InChI=1S/C18H20BrNO2/c1-13(21)20-12-11-18(2,22)15-9-7-14(8-10-15)16-5-3-4-6-17(16)19/h3-10,22H,11-12H2,1-2H3,(H,20,21). The van der Waals surface area contributed by atoms with Crippen molar-refractivity contribution in [2.45, 2.75) is 25.9 Å². The van der Waals surface area contributed by atoms with Gasteiger partial charge in [-0.25, -0.2) is 0 Å². The number of aliphatic hydroxyl groups is 1. The lowest BCUT2D eigenvalue weighted by Crippen LogP contribution is -2.29. The lowest BCUT2D eigenvalue weighted by molar-refractivity contribution is -0.119. The van der Waals surface area contributed by atoms with Crippen molar-refractivity contribution >= 4 is 21.8 Å². The molecule has 0 aliphatic carbocycles. The maximum Gasteiger partial charge on any atom is 0.216 e. The SMILES string of the molecule is CC(=O)NCCC(C)(O)c1ccc(-c2ccccc2Br)cc1. The molecule has 116 valence electrons. The predicted molar refractivity (Wildman–Crippen MR) is 92.4 cm³/mol. The van der Waals surface area contributed by atoms with E-state index in [2.05, 4.69) is 21.2 Å². The van der Waals surface area contributed by atoms with Crippen molar-refractivity contribution in [3.8, 4) is 11.1 Å². The van der Waals surface area contributed by atoms with Crippen LogP contribution in [0.2, 0.25) is 0 Å². The molecule has 2 aromatic carbocycles. The molecule has 0 saturated heterocycles. The number of carbonyl (C=O) groups excluding carboxylic acids is 1. The van der Waals surface area contributed by atoms with Crippen LogP contribution in [0.3, 0.4) is 0 Å². The second kappa shape index (κ2) is 7.07. The summed E-state index contributed by atoms with van der Waals surface area (Å²) >= 11 is 3.55. The van der Waals surface area contributed by atoms with E-state index in [-0.39, 0.29) is 5.91 Å². The van der Waals surface area contributed by atoms with E-state index in [9.17, 15) is 9.90 Å². The monoisotopic (exact) mass is 361 g/mol. The lowest BCUT2D eigenvalue weighted by Gasteiger charge is -2.24. The molecule has 1 unspecified atom stereocenters. The van der Waals surface area contributed by atoms with Crippen molar-refractivity contribution < 1.29 is 9.90 Å². The van der Waals surface area contributed by atoms with Gasteiger partial charge in [0, 0.05) is 17.9 Å². The highest BCUT2D eigenvalue weighted by Gasteiger charge is 2.22. The van der Waals surface area contributed by atoms with Gasteiger partial charge in [-0.15, -0.1) is 0 Å². The van der Waals surface area contributed by atoms with Crippen LogP contribution in [0, 0.1) is 0 Å². The van der Waals surface area contributed by atoms with Gasteiger partial charge in [0.15, 0.2) is 0 Å². The highest BCUT2D eigenvalue weighted by atomic mass is 79.9. The number of nitrogens with one attached hydrogen (secondary N) is 1. The molecule has 0 aromatic heterocycles. The molecule has 0 spiro atoms. The van der Waals surface area contributed by atoms with Gasteiger partial charge in [-0.3, -0.25) is 4.79 Å². The molecule has 4 heteroatoms. The molecule has 0 bridgehead atoms. The van der Waals surface area contributed by atoms with Crippen LogP contribution >= 0.6 is 15.9 Å². The fourth-order valence-corrected chi connectivity index (χ4v) is 2.84. The number of hydrogen-bond acceptors (Lipinski definition) is 2. The Morgan fingerprint density at radius 1 is 1.18 bits per heavy atom. The van der Waals surface area contributed by atoms with E-state index in [0.29, 0.717) is 13.0 Å². The zero-order valence-electron chi connectivity index (χ0n) is 12.8. The average Bonchev–Trinajstić information content (AvgIpc) is 2.47. The second-order valence-electron chi connectivity index (χ2n) is 5.56. The summed E-state index contributed by atoms with van der Waals surface area (Å²) in [6, 6.07) is 15.9. The van der Waals surface area contributed by atoms with Crippen LogP contribution in [0.4, 0.5) is 0 Å². The first-order valence-corrected chi connectivity index (χ1v) is 8.02. The van der Waals surface area contributed by atoms with Crippen LogP contribution in [-0.2, 0) is 10.4 Å². The van der Waals surface area contributed by atoms with Gasteiger partial charge in [0.25, 0.3) is 0 Å². The van der Waals surface area contributed by atoms with E-state index < -0.39 is 5.60 Å². The van der Waals surface area contributed by atoms with Gasteiger partial charge in [-0.1, -0.05) is 58.4 Å². The zero-order valence-corrected chi connectivity index (χ0v) is 14.4. The van der Waals surface area contributed by atoms with Gasteiger partial charge in [-0.05, 0) is 36.1 Å². The summed E-state index contributed by atoms with van der Waals surface area (Å²) in [5.41, 5.74) is 2.09. The summed E-state index contributed by atoms with van der Waals surface area (Å²) < 4.78 is 1.04. The van der Waals surface area contributed by atoms with Gasteiger partial charge in [-0.2, -0.15) is 0 Å². The number of amides is 1. The predicted octanol–water partition coefficient (Wildman–Crippen LogP) is 3.85. The summed E-state index contributed by atoms with van der Waals surface area (Å²) in [5.74, 6) is -0.0833. The van der Waals surface area contributed by atoms with Crippen molar-refractivity contribution in [3.05, 3.63) is 58.6 Å². The number of benzene rings is 2. The Labute approximate surface area is 139 Å². The minimum Gasteiger partial charge on any atom is -0.385 e. The minimum atomic E-state index is -0.963. The van der Waals surface area contributed by atoms with Crippen LogP contribution in [-0.4, -0.2) is 17.6 Å². The van der Waals surface area contributed by atoms with E-state index in [1.165, 1.54) is 6.92 Å². The van der Waals surface area contributed by atoms with E-state index in [1.54, 1.807) is 6.92 Å². The summed E-state index contributed by atoms with van der Waals surface area (Å²) in [6.45, 7) is 3.69. The first-order valence-electron chi connectivity index (χ1n) is 7.22. The molecule has 0 heterocycles. The van der Waals surface area contributed by atoms with Gasteiger partial charge in [0.1, 0.15) is 0 Å². The summed E-state index contributed by atoms with van der Waals surface area (Å²) in [5, 5.41) is 13.3. The highest BCUT2D eigenvalue weighted by molar-refractivity contribution is 9.10. The van der Waals surface area contributed by atoms with Gasteiger partial charge >= 0.3 is 0 Å². The molecule has 0 aliphatic rings. The number of rotatable bonds is 5. The molecule has 2 rings (SSSR count).